The molecule has 24 heavy (non-hydrogen) atoms. The SMILES string of the molecule is CC1=NN(c2ccccc2)C(=O)C1c1csc2nc(C)cc(=O)n12. The molecule has 1 atom stereocenters. The molecular weight excluding hydrogens is 324 g/mol. The standard InChI is InChI=1S/C17H14N4O2S/c1-10-8-14(22)20-13(9-24-17(20)18-10)15-11(2)19-21(16(15)23)12-6-4-3-5-7-12/h3-9,15H,1-2H3. The zero-order chi connectivity index (χ0) is 16.8. The lowest BCUT2D eigenvalue weighted by Gasteiger charge is -2.14. The van der Waals surface area contributed by atoms with Crippen LogP contribution in [-0.2, 0) is 4.79 Å². The highest BCUT2D eigenvalue weighted by atomic mass is 32.1. The van der Waals surface area contributed by atoms with Crippen molar-refractivity contribution in [3.8, 4) is 0 Å². The molecule has 0 spiro atoms. The Morgan fingerprint density at radius 3 is 2.62 bits per heavy atom. The predicted octanol–water partition coefficient (Wildman–Crippen LogP) is 2.57. The third-order valence-electron chi connectivity index (χ3n) is 3.99. The van der Waals surface area contributed by atoms with E-state index in [1.54, 1.807) is 6.92 Å². The normalized spacial score (nSPS) is 17.6. The van der Waals surface area contributed by atoms with Gasteiger partial charge in [0.1, 0.15) is 5.92 Å². The Balaban J connectivity index is 1.83. The molecule has 3 heterocycles. The van der Waals surface area contributed by atoms with E-state index < -0.39 is 5.92 Å². The number of aryl methyl sites for hydroxylation is 1. The van der Waals surface area contributed by atoms with Crippen LogP contribution in [0.1, 0.15) is 24.2 Å². The highest BCUT2D eigenvalue weighted by Crippen LogP contribution is 2.31. The van der Waals surface area contributed by atoms with Crippen LogP contribution in [0, 0.1) is 6.92 Å². The van der Waals surface area contributed by atoms with Gasteiger partial charge in [0.15, 0.2) is 4.96 Å². The first-order valence-corrected chi connectivity index (χ1v) is 8.36. The first kappa shape index (κ1) is 14.8. The number of carbonyl (C=O) groups is 1. The van der Waals surface area contributed by atoms with Crippen molar-refractivity contribution in [3.63, 3.8) is 0 Å². The average molecular weight is 338 g/mol. The minimum atomic E-state index is -0.568. The van der Waals surface area contributed by atoms with Gasteiger partial charge >= 0.3 is 0 Å². The summed E-state index contributed by atoms with van der Waals surface area (Å²) in [5, 5.41) is 7.62. The summed E-state index contributed by atoms with van der Waals surface area (Å²) in [7, 11) is 0. The Morgan fingerprint density at radius 1 is 1.12 bits per heavy atom. The van der Waals surface area contributed by atoms with Gasteiger partial charge < -0.3 is 0 Å². The number of carbonyl (C=O) groups excluding carboxylic acids is 1. The fourth-order valence-electron chi connectivity index (χ4n) is 2.91. The molecule has 4 rings (SSSR count). The lowest BCUT2D eigenvalue weighted by atomic mass is 10.0. The smallest absolute Gasteiger partial charge is 0.262 e. The van der Waals surface area contributed by atoms with Gasteiger partial charge in [0.2, 0.25) is 0 Å². The maximum atomic E-state index is 12.9. The van der Waals surface area contributed by atoms with Crippen LogP contribution in [0.25, 0.3) is 4.96 Å². The van der Waals surface area contributed by atoms with E-state index in [0.717, 1.165) is 0 Å². The number of thiazole rings is 1. The molecule has 6 nitrogen and oxygen atoms in total. The summed E-state index contributed by atoms with van der Waals surface area (Å²) < 4.78 is 1.51. The second-order valence-electron chi connectivity index (χ2n) is 5.67. The van der Waals surface area contributed by atoms with E-state index in [-0.39, 0.29) is 11.5 Å². The molecule has 1 unspecified atom stereocenters. The van der Waals surface area contributed by atoms with Crippen LogP contribution in [0.4, 0.5) is 5.69 Å². The molecule has 1 aromatic carbocycles. The van der Waals surface area contributed by atoms with Crippen LogP contribution in [0.2, 0.25) is 0 Å². The zero-order valence-electron chi connectivity index (χ0n) is 13.1. The highest BCUT2D eigenvalue weighted by molar-refractivity contribution is 7.15. The molecule has 0 N–H and O–H groups in total. The number of aromatic nitrogens is 2. The molecule has 7 heteroatoms. The van der Waals surface area contributed by atoms with Crippen LogP contribution in [0.15, 0.2) is 51.7 Å². The predicted molar refractivity (Wildman–Crippen MR) is 93.9 cm³/mol. The van der Waals surface area contributed by atoms with Gasteiger partial charge in [0.05, 0.1) is 17.1 Å². The maximum absolute atomic E-state index is 12.9. The summed E-state index contributed by atoms with van der Waals surface area (Å²) in [5.41, 5.74) is 2.49. The van der Waals surface area contributed by atoms with Crippen molar-refractivity contribution in [2.75, 3.05) is 5.01 Å². The minimum absolute atomic E-state index is 0.161. The van der Waals surface area contributed by atoms with E-state index in [0.29, 0.717) is 27.7 Å². The van der Waals surface area contributed by atoms with Crippen LogP contribution in [0.5, 0.6) is 0 Å². The Labute approximate surface area is 141 Å². The number of amides is 1. The summed E-state index contributed by atoms with van der Waals surface area (Å²) in [6, 6.07) is 10.7. The van der Waals surface area contributed by atoms with E-state index in [2.05, 4.69) is 10.1 Å². The van der Waals surface area contributed by atoms with E-state index in [1.807, 2.05) is 42.6 Å². The monoisotopic (exact) mass is 338 g/mol. The van der Waals surface area contributed by atoms with Crippen molar-refractivity contribution in [2.45, 2.75) is 19.8 Å². The summed E-state index contributed by atoms with van der Waals surface area (Å²) in [4.78, 5) is 30.2. The fourth-order valence-corrected chi connectivity index (χ4v) is 3.88. The molecule has 3 aromatic rings. The van der Waals surface area contributed by atoms with Gasteiger partial charge in [-0.25, -0.2) is 4.98 Å². The fraction of sp³-hybridized carbons (Fsp3) is 0.176. The van der Waals surface area contributed by atoms with Gasteiger partial charge in [0, 0.05) is 17.1 Å². The lowest BCUT2D eigenvalue weighted by molar-refractivity contribution is -0.118. The van der Waals surface area contributed by atoms with E-state index >= 15 is 0 Å². The number of anilines is 1. The number of hydrogen-bond acceptors (Lipinski definition) is 5. The molecule has 0 aliphatic carbocycles. The van der Waals surface area contributed by atoms with Crippen molar-refractivity contribution >= 4 is 33.6 Å². The van der Waals surface area contributed by atoms with E-state index in [4.69, 9.17) is 0 Å². The second-order valence-corrected chi connectivity index (χ2v) is 6.51. The van der Waals surface area contributed by atoms with Crippen molar-refractivity contribution in [2.24, 2.45) is 5.10 Å². The van der Waals surface area contributed by atoms with Crippen molar-refractivity contribution < 1.29 is 4.79 Å². The van der Waals surface area contributed by atoms with Gasteiger partial charge in [-0.2, -0.15) is 10.1 Å². The third kappa shape index (κ3) is 2.16. The number of rotatable bonds is 2. The summed E-state index contributed by atoms with van der Waals surface area (Å²) in [6.07, 6.45) is 0. The number of hydrazone groups is 1. The number of hydrogen-bond donors (Lipinski definition) is 0. The molecule has 120 valence electrons. The molecule has 1 aliphatic heterocycles. The van der Waals surface area contributed by atoms with E-state index in [9.17, 15) is 9.59 Å². The Morgan fingerprint density at radius 2 is 1.88 bits per heavy atom. The minimum Gasteiger partial charge on any atom is -0.271 e. The van der Waals surface area contributed by atoms with Crippen LogP contribution in [-0.4, -0.2) is 21.0 Å². The highest BCUT2D eigenvalue weighted by Gasteiger charge is 2.37. The first-order chi connectivity index (χ1) is 11.6. The van der Waals surface area contributed by atoms with Gasteiger partial charge in [-0.1, -0.05) is 18.2 Å². The van der Waals surface area contributed by atoms with Gasteiger partial charge in [-0.05, 0) is 26.0 Å². The number of benzene rings is 1. The molecule has 0 saturated heterocycles. The average Bonchev–Trinajstić information content (AvgIpc) is 3.09. The molecule has 2 aromatic heterocycles. The molecule has 0 bridgehead atoms. The summed E-state index contributed by atoms with van der Waals surface area (Å²) in [6.45, 7) is 3.59. The number of nitrogens with zero attached hydrogens (tertiary/aromatic N) is 4. The number of para-hydroxylation sites is 1. The number of fused-ring (bicyclic) bond motifs is 1. The topological polar surface area (TPSA) is 67.0 Å². The summed E-state index contributed by atoms with van der Waals surface area (Å²) in [5.74, 6) is -0.730. The molecule has 1 amide bonds. The van der Waals surface area contributed by atoms with Crippen LogP contribution < -0.4 is 10.6 Å². The largest absolute Gasteiger partial charge is 0.271 e. The van der Waals surface area contributed by atoms with Crippen molar-refractivity contribution in [1.29, 1.82) is 0 Å². The van der Waals surface area contributed by atoms with E-state index in [1.165, 1.54) is 26.8 Å². The lowest BCUT2D eigenvalue weighted by Crippen LogP contribution is -2.28. The zero-order valence-corrected chi connectivity index (χ0v) is 13.9. The Bertz CT molecular complexity index is 1040. The van der Waals surface area contributed by atoms with Crippen molar-refractivity contribution in [1.82, 2.24) is 9.38 Å². The Kier molecular flexibility index (Phi) is 3.31. The van der Waals surface area contributed by atoms with Gasteiger partial charge in [0.25, 0.3) is 11.5 Å². The summed E-state index contributed by atoms with van der Waals surface area (Å²) >= 11 is 1.36. The molecule has 0 fully saturated rings. The Hall–Kier alpha value is -2.80. The molecule has 0 radical (unpaired) electrons. The van der Waals surface area contributed by atoms with Crippen LogP contribution >= 0.6 is 11.3 Å². The quantitative estimate of drug-likeness (QED) is 0.721. The molecule has 0 saturated carbocycles. The molecule has 1 aliphatic rings. The third-order valence-corrected chi connectivity index (χ3v) is 4.83. The second kappa shape index (κ2) is 5.38. The van der Waals surface area contributed by atoms with Crippen LogP contribution in [0.3, 0.4) is 0 Å². The van der Waals surface area contributed by atoms with Crippen molar-refractivity contribution in [3.05, 3.63) is 63.5 Å². The first-order valence-electron chi connectivity index (χ1n) is 7.48. The van der Waals surface area contributed by atoms with Gasteiger partial charge in [-0.3, -0.25) is 14.0 Å². The van der Waals surface area contributed by atoms with Gasteiger partial charge in [-0.15, -0.1) is 11.3 Å². The maximum Gasteiger partial charge on any atom is 0.262 e. The molecular formula is C17H14N4O2S.